The van der Waals surface area contributed by atoms with Crippen molar-refractivity contribution in [2.45, 2.75) is 77.2 Å². The number of amides is 1. The number of anilines is 2. The van der Waals surface area contributed by atoms with Crippen molar-refractivity contribution in [3.63, 3.8) is 0 Å². The van der Waals surface area contributed by atoms with E-state index in [1.54, 1.807) is 0 Å². The van der Waals surface area contributed by atoms with Crippen molar-refractivity contribution >= 4 is 23.6 Å². The van der Waals surface area contributed by atoms with E-state index in [0.717, 1.165) is 63.5 Å². The first-order chi connectivity index (χ1) is 16.0. The van der Waals surface area contributed by atoms with Crippen molar-refractivity contribution < 1.29 is 19.1 Å². The van der Waals surface area contributed by atoms with Crippen LogP contribution in [0.1, 0.15) is 81.0 Å². The van der Waals surface area contributed by atoms with Gasteiger partial charge in [-0.25, -0.2) is 0 Å². The molecule has 1 aromatic heterocycles. The van der Waals surface area contributed by atoms with Gasteiger partial charge in [-0.15, -0.1) is 5.10 Å². The van der Waals surface area contributed by atoms with Gasteiger partial charge >= 0.3 is 23.8 Å². The lowest BCUT2D eigenvalue weighted by molar-refractivity contribution is -0.138. The van der Waals surface area contributed by atoms with Crippen LogP contribution in [0.15, 0.2) is 28.7 Å². The molecule has 33 heavy (non-hydrogen) atoms. The van der Waals surface area contributed by atoms with Gasteiger partial charge in [0, 0.05) is 18.2 Å². The summed E-state index contributed by atoms with van der Waals surface area (Å²) in [4.78, 5) is 23.5. The Morgan fingerprint density at radius 1 is 0.970 bits per heavy atom. The molecule has 3 N–H and O–H groups in total. The molecule has 1 amide bonds. The molecule has 0 saturated heterocycles. The van der Waals surface area contributed by atoms with Crippen LogP contribution in [0.3, 0.4) is 0 Å². The van der Waals surface area contributed by atoms with Crippen molar-refractivity contribution in [1.82, 2.24) is 15.5 Å². The molecule has 0 bridgehead atoms. The van der Waals surface area contributed by atoms with Gasteiger partial charge in [-0.3, -0.25) is 9.59 Å². The number of aryl methyl sites for hydroxylation is 1. The molecular weight excluding hydrogens is 420 g/mol. The zero-order valence-electron chi connectivity index (χ0n) is 19.3. The molecule has 1 aromatic carbocycles. The summed E-state index contributed by atoms with van der Waals surface area (Å²) in [5, 5.41) is 22.9. The summed E-state index contributed by atoms with van der Waals surface area (Å²) in [7, 11) is 0. The number of nitrogens with one attached hydrogen (secondary N) is 2. The zero-order chi connectivity index (χ0) is 23.2. The van der Waals surface area contributed by atoms with Gasteiger partial charge in [0.1, 0.15) is 0 Å². The fourth-order valence-electron chi connectivity index (χ4n) is 5.41. The maximum absolute atomic E-state index is 12.6. The van der Waals surface area contributed by atoms with Crippen LogP contribution >= 0.6 is 0 Å². The zero-order valence-corrected chi connectivity index (χ0v) is 19.3. The van der Waals surface area contributed by atoms with Gasteiger partial charge in [0.05, 0.1) is 0 Å². The Morgan fingerprint density at radius 2 is 1.61 bits per heavy atom. The quantitative estimate of drug-likeness (QED) is 0.517. The first-order valence-corrected chi connectivity index (χ1v) is 12.2. The highest BCUT2D eigenvalue weighted by molar-refractivity contribution is 5.89. The average Bonchev–Trinajstić information content (AvgIpc) is 3.29. The third-order valence-corrected chi connectivity index (χ3v) is 7.36. The summed E-state index contributed by atoms with van der Waals surface area (Å²) in [6.45, 7) is 2.10. The molecule has 178 valence electrons. The molecule has 2 aliphatic carbocycles. The predicted molar refractivity (Wildman–Crippen MR) is 124 cm³/mol. The van der Waals surface area contributed by atoms with E-state index in [1.165, 1.54) is 5.56 Å². The lowest BCUT2D eigenvalue weighted by atomic mass is 9.70. The van der Waals surface area contributed by atoms with Gasteiger partial charge in [0.25, 0.3) is 0 Å². The van der Waals surface area contributed by atoms with Crippen LogP contribution in [-0.2, 0) is 11.2 Å². The number of carboxylic acids is 1. The van der Waals surface area contributed by atoms with Crippen LogP contribution in [0.4, 0.5) is 11.7 Å². The van der Waals surface area contributed by atoms with E-state index in [4.69, 9.17) is 9.52 Å². The van der Waals surface area contributed by atoms with Gasteiger partial charge in [-0.2, -0.15) is 0 Å². The normalized spacial score (nSPS) is 25.4. The van der Waals surface area contributed by atoms with Crippen molar-refractivity contribution in [3.05, 3.63) is 35.7 Å². The minimum atomic E-state index is -0.676. The molecule has 8 heteroatoms. The van der Waals surface area contributed by atoms with Crippen molar-refractivity contribution in [1.29, 1.82) is 0 Å². The standard InChI is InChI=1S/C25H34N4O4/c1-2-16-5-11-21(12-6-16)27-25-29-28-24(33-25)23(32)26-20-13-9-19(10-14-20)18-7-3-17(4-8-18)15-22(30)31/h5-6,11-12,17-20H,2-4,7-10,13-15H2,1H3,(H,26,32)(H,27,29)(H,30,31). The maximum atomic E-state index is 12.6. The number of benzene rings is 1. The molecule has 0 aliphatic heterocycles. The number of hydrogen-bond donors (Lipinski definition) is 3. The summed E-state index contributed by atoms with van der Waals surface area (Å²) in [5.41, 5.74) is 2.07. The lowest BCUT2D eigenvalue weighted by Gasteiger charge is -2.37. The largest absolute Gasteiger partial charge is 0.481 e. The highest BCUT2D eigenvalue weighted by Crippen LogP contribution is 2.40. The van der Waals surface area contributed by atoms with Crippen LogP contribution in [0.5, 0.6) is 0 Å². The highest BCUT2D eigenvalue weighted by Gasteiger charge is 2.32. The minimum Gasteiger partial charge on any atom is -0.481 e. The molecular formula is C25H34N4O4. The molecule has 4 rings (SSSR count). The van der Waals surface area contributed by atoms with Crippen LogP contribution in [0.2, 0.25) is 0 Å². The number of carbonyl (C=O) groups is 2. The van der Waals surface area contributed by atoms with E-state index >= 15 is 0 Å². The number of nitrogens with zero attached hydrogens (tertiary/aromatic N) is 2. The van der Waals surface area contributed by atoms with Crippen molar-refractivity contribution in [2.24, 2.45) is 17.8 Å². The molecule has 0 atom stereocenters. The number of carboxylic acid groups (broad SMARTS) is 1. The van der Waals surface area contributed by atoms with Gasteiger partial charge in [0.2, 0.25) is 0 Å². The van der Waals surface area contributed by atoms with E-state index in [-0.39, 0.29) is 23.9 Å². The van der Waals surface area contributed by atoms with E-state index in [9.17, 15) is 9.59 Å². The Morgan fingerprint density at radius 3 is 2.21 bits per heavy atom. The second-order valence-corrected chi connectivity index (χ2v) is 9.55. The molecule has 1 heterocycles. The Labute approximate surface area is 194 Å². The molecule has 8 nitrogen and oxygen atoms in total. The molecule has 2 fully saturated rings. The molecule has 0 radical (unpaired) electrons. The minimum absolute atomic E-state index is 0.0263. The van der Waals surface area contributed by atoms with E-state index in [1.807, 2.05) is 24.3 Å². The van der Waals surface area contributed by atoms with Crippen molar-refractivity contribution in [3.8, 4) is 0 Å². The molecule has 0 spiro atoms. The molecule has 2 aliphatic rings. The Balaban J connectivity index is 1.21. The first-order valence-electron chi connectivity index (χ1n) is 12.2. The van der Waals surface area contributed by atoms with Crippen LogP contribution < -0.4 is 10.6 Å². The predicted octanol–water partition coefficient (Wildman–Crippen LogP) is 4.95. The van der Waals surface area contributed by atoms with Crippen LogP contribution in [0, 0.1) is 17.8 Å². The summed E-state index contributed by atoms with van der Waals surface area (Å²) >= 11 is 0. The van der Waals surface area contributed by atoms with E-state index in [2.05, 4.69) is 27.8 Å². The number of hydrogen-bond acceptors (Lipinski definition) is 6. The van der Waals surface area contributed by atoms with Crippen LogP contribution in [0.25, 0.3) is 0 Å². The summed E-state index contributed by atoms with van der Waals surface area (Å²) in [5.74, 6) is 0.698. The SMILES string of the molecule is CCc1ccc(Nc2nnc(C(=O)NC3CCC(C4CCC(CC(=O)O)CC4)CC3)o2)cc1. The Kier molecular flexibility index (Phi) is 7.62. The summed E-state index contributed by atoms with van der Waals surface area (Å²) in [6.07, 6.45) is 9.73. The van der Waals surface area contributed by atoms with E-state index < -0.39 is 5.97 Å². The van der Waals surface area contributed by atoms with Crippen LogP contribution in [-0.4, -0.2) is 33.2 Å². The van der Waals surface area contributed by atoms with E-state index in [0.29, 0.717) is 24.2 Å². The third kappa shape index (κ3) is 6.33. The topological polar surface area (TPSA) is 117 Å². The maximum Gasteiger partial charge on any atom is 0.320 e. The number of rotatable bonds is 8. The highest BCUT2D eigenvalue weighted by atomic mass is 16.4. The first kappa shape index (κ1) is 23.3. The second-order valence-electron chi connectivity index (χ2n) is 9.55. The molecule has 2 aromatic rings. The Hall–Kier alpha value is -2.90. The average molecular weight is 455 g/mol. The van der Waals surface area contributed by atoms with Gasteiger partial charge < -0.3 is 20.2 Å². The number of aromatic nitrogens is 2. The van der Waals surface area contributed by atoms with Crippen molar-refractivity contribution in [2.75, 3.05) is 5.32 Å². The molecule has 2 saturated carbocycles. The number of carbonyl (C=O) groups excluding carboxylic acids is 1. The fraction of sp³-hybridized carbons (Fsp3) is 0.600. The smallest absolute Gasteiger partial charge is 0.320 e. The van der Waals surface area contributed by atoms with Gasteiger partial charge in [-0.05, 0) is 93.2 Å². The Bertz CT molecular complexity index is 926. The van der Waals surface area contributed by atoms with Gasteiger partial charge in [0.15, 0.2) is 0 Å². The monoisotopic (exact) mass is 454 g/mol. The van der Waals surface area contributed by atoms with Gasteiger partial charge in [-0.1, -0.05) is 24.2 Å². The summed E-state index contributed by atoms with van der Waals surface area (Å²) in [6, 6.07) is 8.28. The fourth-order valence-corrected chi connectivity index (χ4v) is 5.41. The lowest BCUT2D eigenvalue weighted by Crippen LogP contribution is -2.39. The third-order valence-electron chi connectivity index (χ3n) is 7.36. The number of aliphatic carboxylic acids is 1. The molecule has 0 unspecified atom stereocenters. The summed E-state index contributed by atoms with van der Waals surface area (Å²) < 4.78 is 5.51. The second kappa shape index (κ2) is 10.8.